The summed E-state index contributed by atoms with van der Waals surface area (Å²) in [5.41, 5.74) is 0.608. The lowest BCUT2D eigenvalue weighted by molar-refractivity contribution is -0.122. The van der Waals surface area contributed by atoms with Gasteiger partial charge in [0.15, 0.2) is 0 Å². The first kappa shape index (κ1) is 17.5. The van der Waals surface area contributed by atoms with Crippen molar-refractivity contribution in [3.8, 4) is 5.75 Å². The van der Waals surface area contributed by atoms with Gasteiger partial charge in [0.25, 0.3) is 5.56 Å². The van der Waals surface area contributed by atoms with Crippen LogP contribution in [0.4, 0.5) is 8.78 Å². The zero-order valence-electron chi connectivity index (χ0n) is 13.4. The fourth-order valence-corrected chi connectivity index (χ4v) is 2.35. The van der Waals surface area contributed by atoms with Gasteiger partial charge in [0.2, 0.25) is 5.91 Å². The molecule has 0 saturated carbocycles. The molecule has 0 spiro atoms. The number of hydrogen-bond acceptors (Lipinski definition) is 5. The molecule has 2 aromatic carbocycles. The van der Waals surface area contributed by atoms with Crippen molar-refractivity contribution in [3.05, 3.63) is 64.4 Å². The number of nitrogens with zero attached hydrogens (tertiary/aromatic N) is 3. The van der Waals surface area contributed by atoms with E-state index in [0.29, 0.717) is 16.5 Å². The molecule has 0 fully saturated rings. The van der Waals surface area contributed by atoms with Gasteiger partial charge in [0, 0.05) is 6.54 Å². The van der Waals surface area contributed by atoms with Crippen molar-refractivity contribution >= 4 is 16.8 Å². The van der Waals surface area contributed by atoms with E-state index in [2.05, 4.69) is 20.4 Å². The number of alkyl halides is 2. The topological polar surface area (TPSA) is 86.1 Å². The Morgan fingerprint density at radius 1 is 1.19 bits per heavy atom. The molecule has 9 heteroatoms. The summed E-state index contributed by atoms with van der Waals surface area (Å²) in [6.07, 6.45) is 0. The van der Waals surface area contributed by atoms with Crippen LogP contribution < -0.4 is 15.6 Å². The third kappa shape index (κ3) is 4.18. The maximum atomic E-state index is 12.3. The highest BCUT2D eigenvalue weighted by Crippen LogP contribution is 2.15. The molecule has 0 bridgehead atoms. The number of halogens is 2. The van der Waals surface area contributed by atoms with Crippen LogP contribution in [0, 0.1) is 0 Å². The second kappa shape index (κ2) is 7.68. The maximum absolute atomic E-state index is 12.3. The van der Waals surface area contributed by atoms with Crippen LogP contribution >= 0.6 is 0 Å². The third-order valence-electron chi connectivity index (χ3n) is 3.54. The molecule has 0 saturated heterocycles. The van der Waals surface area contributed by atoms with Crippen molar-refractivity contribution in [3.63, 3.8) is 0 Å². The molecular formula is C17H14F2N4O3. The summed E-state index contributed by atoms with van der Waals surface area (Å²) in [5.74, 6) is -0.458. The SMILES string of the molecule is O=C(Cn1nnc2ccccc2c1=O)NCc1cccc(OC(F)F)c1. The molecule has 0 radical (unpaired) electrons. The number of ether oxygens (including phenoxy) is 1. The minimum atomic E-state index is -2.92. The van der Waals surface area contributed by atoms with Gasteiger partial charge in [-0.2, -0.15) is 8.78 Å². The second-order valence-corrected chi connectivity index (χ2v) is 5.37. The minimum absolute atomic E-state index is 0.00312. The van der Waals surface area contributed by atoms with Gasteiger partial charge >= 0.3 is 6.61 Å². The quantitative estimate of drug-likeness (QED) is 0.723. The van der Waals surface area contributed by atoms with Crippen molar-refractivity contribution in [2.24, 2.45) is 0 Å². The highest BCUT2D eigenvalue weighted by atomic mass is 19.3. The molecule has 1 aromatic heterocycles. The highest BCUT2D eigenvalue weighted by molar-refractivity contribution is 5.78. The Hall–Kier alpha value is -3.36. The lowest BCUT2D eigenvalue weighted by Gasteiger charge is -2.09. The molecule has 1 N–H and O–H groups in total. The summed E-state index contributed by atoms with van der Waals surface area (Å²) in [6.45, 7) is -3.13. The number of rotatable bonds is 6. The number of benzene rings is 2. The van der Waals surface area contributed by atoms with Gasteiger partial charge in [-0.05, 0) is 29.8 Å². The van der Waals surface area contributed by atoms with Crippen molar-refractivity contribution < 1.29 is 18.3 Å². The summed E-state index contributed by atoms with van der Waals surface area (Å²) >= 11 is 0. The number of carbonyl (C=O) groups is 1. The molecule has 3 rings (SSSR count). The smallest absolute Gasteiger partial charge is 0.387 e. The number of nitrogens with one attached hydrogen (secondary N) is 1. The Bertz CT molecular complexity index is 991. The van der Waals surface area contributed by atoms with E-state index in [1.165, 1.54) is 12.1 Å². The van der Waals surface area contributed by atoms with E-state index in [-0.39, 0.29) is 18.8 Å². The van der Waals surface area contributed by atoms with Gasteiger partial charge < -0.3 is 10.1 Å². The van der Waals surface area contributed by atoms with E-state index < -0.39 is 18.1 Å². The van der Waals surface area contributed by atoms with Gasteiger partial charge in [0.05, 0.1) is 5.39 Å². The predicted molar refractivity (Wildman–Crippen MR) is 88.7 cm³/mol. The maximum Gasteiger partial charge on any atom is 0.387 e. The molecule has 0 atom stereocenters. The van der Waals surface area contributed by atoms with Crippen LogP contribution in [0.5, 0.6) is 5.75 Å². The molecule has 1 heterocycles. The van der Waals surface area contributed by atoms with E-state index in [9.17, 15) is 18.4 Å². The number of fused-ring (bicyclic) bond motifs is 1. The van der Waals surface area contributed by atoms with Crippen LogP contribution in [0.3, 0.4) is 0 Å². The third-order valence-corrected chi connectivity index (χ3v) is 3.54. The van der Waals surface area contributed by atoms with Crippen molar-refractivity contribution in [2.75, 3.05) is 0 Å². The summed E-state index contributed by atoms with van der Waals surface area (Å²) in [4.78, 5) is 24.3. The fraction of sp³-hybridized carbons (Fsp3) is 0.176. The number of hydrogen-bond donors (Lipinski definition) is 1. The number of amides is 1. The first-order valence-electron chi connectivity index (χ1n) is 7.66. The van der Waals surface area contributed by atoms with Gasteiger partial charge in [-0.25, -0.2) is 4.68 Å². The Labute approximate surface area is 146 Å². The molecule has 1 amide bonds. The first-order valence-corrected chi connectivity index (χ1v) is 7.66. The molecule has 26 heavy (non-hydrogen) atoms. The minimum Gasteiger partial charge on any atom is -0.435 e. The Morgan fingerprint density at radius 2 is 2.00 bits per heavy atom. The van der Waals surface area contributed by atoms with E-state index in [4.69, 9.17) is 0 Å². The van der Waals surface area contributed by atoms with Crippen LogP contribution in [0.1, 0.15) is 5.56 Å². The molecule has 0 aliphatic carbocycles. The normalized spacial score (nSPS) is 10.9. The zero-order chi connectivity index (χ0) is 18.5. The molecule has 7 nitrogen and oxygen atoms in total. The Kier molecular flexibility index (Phi) is 5.16. The van der Waals surface area contributed by atoms with Crippen LogP contribution in [0.25, 0.3) is 10.9 Å². The van der Waals surface area contributed by atoms with Gasteiger partial charge in [-0.3, -0.25) is 9.59 Å². The number of carbonyl (C=O) groups excluding carboxylic acids is 1. The lowest BCUT2D eigenvalue weighted by Crippen LogP contribution is -2.34. The monoisotopic (exact) mass is 360 g/mol. The molecule has 3 aromatic rings. The predicted octanol–water partition coefficient (Wildman–Crippen LogP) is 1.71. The second-order valence-electron chi connectivity index (χ2n) is 5.37. The summed E-state index contributed by atoms with van der Waals surface area (Å²) in [7, 11) is 0. The van der Waals surface area contributed by atoms with Gasteiger partial charge in [-0.15, -0.1) is 5.10 Å². The average molecular weight is 360 g/mol. The largest absolute Gasteiger partial charge is 0.435 e. The highest BCUT2D eigenvalue weighted by Gasteiger charge is 2.10. The van der Waals surface area contributed by atoms with Crippen LogP contribution in [0.15, 0.2) is 53.3 Å². The van der Waals surface area contributed by atoms with Crippen molar-refractivity contribution in [1.82, 2.24) is 20.3 Å². The number of aromatic nitrogens is 3. The first-order chi connectivity index (χ1) is 12.5. The standard InChI is InChI=1S/C17H14F2N4O3/c18-17(19)26-12-5-3-4-11(8-12)9-20-15(24)10-23-16(25)13-6-1-2-7-14(13)21-22-23/h1-8,17H,9-10H2,(H,20,24). The molecular weight excluding hydrogens is 346 g/mol. The molecule has 0 unspecified atom stereocenters. The van der Waals surface area contributed by atoms with E-state index in [1.807, 2.05) is 0 Å². The van der Waals surface area contributed by atoms with Crippen LogP contribution in [-0.4, -0.2) is 27.5 Å². The Balaban J connectivity index is 1.65. The molecule has 134 valence electrons. The fourth-order valence-electron chi connectivity index (χ4n) is 2.35. The van der Waals surface area contributed by atoms with Crippen LogP contribution in [0.2, 0.25) is 0 Å². The summed E-state index contributed by atoms with van der Waals surface area (Å²) in [6, 6.07) is 12.7. The van der Waals surface area contributed by atoms with E-state index >= 15 is 0 Å². The van der Waals surface area contributed by atoms with Gasteiger partial charge in [0.1, 0.15) is 17.8 Å². The van der Waals surface area contributed by atoms with Crippen molar-refractivity contribution in [2.45, 2.75) is 19.7 Å². The van der Waals surface area contributed by atoms with E-state index in [0.717, 1.165) is 4.68 Å². The molecule has 0 aliphatic rings. The zero-order valence-corrected chi connectivity index (χ0v) is 13.4. The van der Waals surface area contributed by atoms with Crippen LogP contribution in [-0.2, 0) is 17.9 Å². The summed E-state index contributed by atoms with van der Waals surface area (Å²) < 4.78 is 29.7. The van der Waals surface area contributed by atoms with E-state index in [1.54, 1.807) is 36.4 Å². The van der Waals surface area contributed by atoms with Gasteiger partial charge in [-0.1, -0.05) is 29.5 Å². The summed E-state index contributed by atoms with van der Waals surface area (Å²) in [5, 5.41) is 10.6. The Morgan fingerprint density at radius 3 is 2.81 bits per heavy atom. The average Bonchev–Trinajstić information content (AvgIpc) is 2.62. The van der Waals surface area contributed by atoms with Crippen molar-refractivity contribution in [1.29, 1.82) is 0 Å². The lowest BCUT2D eigenvalue weighted by atomic mass is 10.2. The molecule has 0 aliphatic heterocycles.